The summed E-state index contributed by atoms with van der Waals surface area (Å²) in [4.78, 5) is 23.8. The van der Waals surface area contributed by atoms with Crippen molar-refractivity contribution in [3.8, 4) is 0 Å². The minimum absolute atomic E-state index is 0.248. The third-order valence-corrected chi connectivity index (χ3v) is 5.48. The van der Waals surface area contributed by atoms with Crippen LogP contribution >= 0.6 is 23.5 Å². The molecule has 0 aliphatic carbocycles. The normalized spacial score (nSPS) is 17.8. The molecule has 0 spiro atoms. The highest BCUT2D eigenvalue weighted by molar-refractivity contribution is 7.98. The topological polar surface area (TPSA) is 37.4 Å². The summed E-state index contributed by atoms with van der Waals surface area (Å²) in [6.07, 6.45) is 0. The van der Waals surface area contributed by atoms with E-state index in [-0.39, 0.29) is 17.7 Å². The first-order chi connectivity index (χ1) is 8.84. The van der Waals surface area contributed by atoms with Gasteiger partial charge in [0.05, 0.1) is 16.0 Å². The van der Waals surface area contributed by atoms with E-state index in [0.29, 0.717) is 16.9 Å². The Morgan fingerprint density at radius 2 is 1.68 bits per heavy atom. The molecule has 3 nitrogen and oxygen atoms in total. The first-order valence-corrected chi connectivity index (χ1v) is 7.46. The number of imide groups is 1. The van der Waals surface area contributed by atoms with Gasteiger partial charge in [0, 0.05) is 5.75 Å². The van der Waals surface area contributed by atoms with Crippen molar-refractivity contribution < 1.29 is 9.59 Å². The van der Waals surface area contributed by atoms with Crippen molar-refractivity contribution in [1.82, 2.24) is 4.31 Å². The summed E-state index contributed by atoms with van der Waals surface area (Å²) in [5, 5.41) is 0. The van der Waals surface area contributed by atoms with Crippen LogP contribution in [0.3, 0.4) is 0 Å². The average Bonchev–Trinajstić information content (AvgIpc) is 2.60. The van der Waals surface area contributed by atoms with E-state index in [9.17, 15) is 9.59 Å². The first-order valence-electron chi connectivity index (χ1n) is 6.14. The van der Waals surface area contributed by atoms with Gasteiger partial charge >= 0.3 is 0 Å². The van der Waals surface area contributed by atoms with Crippen molar-refractivity contribution in [3.05, 3.63) is 35.4 Å². The summed E-state index contributed by atoms with van der Waals surface area (Å²) >= 11 is 7.58. The van der Waals surface area contributed by atoms with Crippen LogP contribution in [0.25, 0.3) is 0 Å². The predicted octanol–water partition coefficient (Wildman–Crippen LogP) is 3.58. The van der Waals surface area contributed by atoms with Gasteiger partial charge in [-0.3, -0.25) is 9.59 Å². The Labute approximate surface area is 122 Å². The van der Waals surface area contributed by atoms with Crippen LogP contribution < -0.4 is 0 Å². The van der Waals surface area contributed by atoms with E-state index < -0.39 is 4.87 Å². The van der Waals surface area contributed by atoms with Gasteiger partial charge in [0.1, 0.15) is 0 Å². The Bertz CT molecular complexity index is 493. The number of halogens is 1. The van der Waals surface area contributed by atoms with Crippen molar-refractivity contribution in [1.29, 1.82) is 0 Å². The molecular formula is C14H16ClNO2S. The molecule has 0 fully saturated rings. The van der Waals surface area contributed by atoms with E-state index in [4.69, 9.17) is 11.6 Å². The zero-order chi connectivity index (χ0) is 14.2. The fourth-order valence-electron chi connectivity index (χ4n) is 1.64. The van der Waals surface area contributed by atoms with E-state index >= 15 is 0 Å². The van der Waals surface area contributed by atoms with E-state index in [1.165, 1.54) is 16.3 Å². The molecule has 1 aromatic rings. The molecule has 1 atom stereocenters. The molecule has 19 heavy (non-hydrogen) atoms. The molecule has 1 aliphatic heterocycles. The monoisotopic (exact) mass is 297 g/mol. The third kappa shape index (κ3) is 2.65. The lowest BCUT2D eigenvalue weighted by Gasteiger charge is -2.27. The van der Waals surface area contributed by atoms with E-state index in [2.05, 4.69) is 0 Å². The van der Waals surface area contributed by atoms with Crippen LogP contribution in [0.1, 0.15) is 41.5 Å². The minimum atomic E-state index is -0.444. The molecule has 0 aromatic heterocycles. The molecule has 1 heterocycles. The minimum Gasteiger partial charge on any atom is -0.268 e. The smallest absolute Gasteiger partial charge is 0.268 e. The summed E-state index contributed by atoms with van der Waals surface area (Å²) in [5.74, 6) is 0.276. The fraction of sp³-hybridized carbons (Fsp3) is 0.429. The Morgan fingerprint density at radius 3 is 2.11 bits per heavy atom. The summed E-state index contributed by atoms with van der Waals surface area (Å²) in [6.45, 7) is 5.97. The maximum absolute atomic E-state index is 12.1. The Balaban J connectivity index is 2.13. The number of hydrogen-bond donors (Lipinski definition) is 0. The lowest BCUT2D eigenvalue weighted by atomic mass is 9.99. The van der Waals surface area contributed by atoms with Gasteiger partial charge < -0.3 is 0 Å². The molecule has 2 amide bonds. The second-order valence-corrected chi connectivity index (χ2v) is 6.93. The summed E-state index contributed by atoms with van der Waals surface area (Å²) < 4.78 is 1.22. The SMILES string of the molecule is CC(C)C(C)(Cl)CSN1C(=O)c2ccccc2C1=O. The lowest BCUT2D eigenvalue weighted by Crippen LogP contribution is -2.31. The zero-order valence-corrected chi connectivity index (χ0v) is 12.7. The Morgan fingerprint density at radius 1 is 1.21 bits per heavy atom. The van der Waals surface area contributed by atoms with Gasteiger partial charge in [-0.25, -0.2) is 4.31 Å². The van der Waals surface area contributed by atoms with Gasteiger partial charge in [-0.1, -0.05) is 26.0 Å². The third-order valence-electron chi connectivity index (χ3n) is 3.44. The first kappa shape index (κ1) is 14.4. The molecule has 1 aromatic carbocycles. The van der Waals surface area contributed by atoms with Crippen molar-refractivity contribution in [2.45, 2.75) is 25.6 Å². The molecule has 102 valence electrons. The van der Waals surface area contributed by atoms with Crippen LogP contribution in [-0.4, -0.2) is 26.7 Å². The van der Waals surface area contributed by atoms with Crippen LogP contribution in [0.15, 0.2) is 24.3 Å². The van der Waals surface area contributed by atoms with Gasteiger partial charge in [-0.2, -0.15) is 0 Å². The van der Waals surface area contributed by atoms with Crippen molar-refractivity contribution in [2.75, 3.05) is 5.75 Å². The summed E-state index contributed by atoms with van der Waals surface area (Å²) in [7, 11) is 0. The largest absolute Gasteiger partial charge is 0.271 e. The van der Waals surface area contributed by atoms with Crippen molar-refractivity contribution in [3.63, 3.8) is 0 Å². The van der Waals surface area contributed by atoms with Crippen LogP contribution in [0.2, 0.25) is 0 Å². The van der Waals surface area contributed by atoms with Crippen LogP contribution in [-0.2, 0) is 0 Å². The number of carbonyl (C=O) groups excluding carboxylic acids is 2. The second-order valence-electron chi connectivity index (χ2n) is 5.16. The van der Waals surface area contributed by atoms with Crippen molar-refractivity contribution in [2.24, 2.45) is 5.92 Å². The molecule has 1 aliphatic rings. The standard InChI is InChI=1S/C14H16ClNO2S/c1-9(2)14(3,15)8-19-16-12(17)10-6-4-5-7-11(10)13(16)18/h4-7,9H,8H2,1-3H3. The number of carbonyl (C=O) groups is 2. The number of alkyl halides is 1. The average molecular weight is 298 g/mol. The van der Waals surface area contributed by atoms with Crippen LogP contribution in [0.4, 0.5) is 0 Å². The molecular weight excluding hydrogens is 282 g/mol. The van der Waals surface area contributed by atoms with Crippen LogP contribution in [0, 0.1) is 5.92 Å². The molecule has 0 radical (unpaired) electrons. The maximum Gasteiger partial charge on any atom is 0.271 e. The quantitative estimate of drug-likeness (QED) is 0.484. The van der Waals surface area contributed by atoms with Gasteiger partial charge in [0.15, 0.2) is 0 Å². The summed E-state index contributed by atoms with van der Waals surface area (Å²) in [6, 6.07) is 6.88. The number of benzene rings is 1. The lowest BCUT2D eigenvalue weighted by molar-refractivity contribution is 0.0777. The van der Waals surface area contributed by atoms with Gasteiger partial charge in [0.2, 0.25) is 0 Å². The van der Waals surface area contributed by atoms with Gasteiger partial charge in [-0.15, -0.1) is 11.6 Å². The van der Waals surface area contributed by atoms with Crippen molar-refractivity contribution >= 4 is 35.4 Å². The highest BCUT2D eigenvalue weighted by Crippen LogP contribution is 2.34. The van der Waals surface area contributed by atoms with E-state index in [1.807, 2.05) is 20.8 Å². The predicted molar refractivity (Wildman–Crippen MR) is 78.5 cm³/mol. The number of amides is 2. The highest BCUT2D eigenvalue weighted by atomic mass is 35.5. The molecule has 5 heteroatoms. The molecule has 2 rings (SSSR count). The maximum atomic E-state index is 12.1. The Kier molecular flexibility index (Phi) is 3.92. The number of fused-ring (bicyclic) bond motifs is 1. The molecule has 0 bridgehead atoms. The summed E-state index contributed by atoms with van der Waals surface area (Å²) in [5.41, 5.74) is 0.946. The number of rotatable bonds is 4. The Hall–Kier alpha value is -1.00. The molecule has 1 unspecified atom stereocenters. The van der Waals surface area contributed by atoms with E-state index in [0.717, 1.165) is 0 Å². The van der Waals surface area contributed by atoms with Gasteiger partial charge in [0.25, 0.3) is 11.8 Å². The fourth-order valence-corrected chi connectivity index (χ4v) is 2.93. The van der Waals surface area contributed by atoms with Gasteiger partial charge in [-0.05, 0) is 36.9 Å². The number of nitrogens with zero attached hydrogens (tertiary/aromatic N) is 1. The van der Waals surface area contributed by atoms with Crippen LogP contribution in [0.5, 0.6) is 0 Å². The second kappa shape index (κ2) is 5.17. The molecule has 0 N–H and O–H groups in total. The van der Waals surface area contributed by atoms with E-state index in [1.54, 1.807) is 24.3 Å². The number of hydrogen-bond acceptors (Lipinski definition) is 3. The highest BCUT2D eigenvalue weighted by Gasteiger charge is 2.37. The molecule has 0 saturated carbocycles. The zero-order valence-electron chi connectivity index (χ0n) is 11.1. The molecule has 0 saturated heterocycles.